The standard InChI is InChI=1S/C42H26N4O2/c1-2-11-26(12-3-1)39-44-40(30-15-8-18-35-37(30)29-14-6-7-17-34(29)47-35)46-41(45-39)31-16-9-19-36-38(31)32-22-23-33(43-42(32)48-36)28-21-20-25-10-4-5-13-27(25)24-28/h1-24,39H,(H,44,45,46). The van der Waals surface area contributed by atoms with Crippen molar-refractivity contribution in [1.29, 1.82) is 0 Å². The fraction of sp³-hybridized carbons (Fsp3) is 0.0238. The summed E-state index contributed by atoms with van der Waals surface area (Å²) >= 11 is 0. The topological polar surface area (TPSA) is 75.9 Å². The van der Waals surface area contributed by atoms with E-state index in [9.17, 15) is 0 Å². The highest BCUT2D eigenvalue weighted by Crippen LogP contribution is 2.36. The van der Waals surface area contributed by atoms with E-state index < -0.39 is 0 Å². The van der Waals surface area contributed by atoms with E-state index in [0.717, 1.165) is 72.1 Å². The maximum atomic E-state index is 6.41. The Hall–Kier alpha value is -6.53. The molecule has 1 unspecified atom stereocenters. The average Bonchev–Trinajstić information content (AvgIpc) is 3.73. The molecule has 0 fully saturated rings. The number of nitrogens with zero attached hydrogens (tertiary/aromatic N) is 3. The number of furan rings is 2. The average molecular weight is 619 g/mol. The second-order valence-corrected chi connectivity index (χ2v) is 12.0. The Bertz CT molecular complexity index is 2770. The number of rotatable bonds is 4. The van der Waals surface area contributed by atoms with E-state index in [2.05, 4.69) is 90.2 Å². The highest BCUT2D eigenvalue weighted by molar-refractivity contribution is 6.25. The third kappa shape index (κ3) is 4.23. The first-order valence-corrected chi connectivity index (χ1v) is 16.0. The molecule has 0 radical (unpaired) electrons. The number of pyridine rings is 1. The van der Waals surface area contributed by atoms with Gasteiger partial charge in [-0.1, -0.05) is 109 Å². The molecule has 6 aromatic carbocycles. The zero-order valence-corrected chi connectivity index (χ0v) is 25.6. The SMILES string of the molecule is c1ccc(C2N=C(c3cccc4oc5nc(-c6ccc7ccccc7c6)ccc5c34)N=C(c3cccc4oc5ccccc5c34)N2)cc1. The van der Waals surface area contributed by atoms with Crippen molar-refractivity contribution < 1.29 is 8.83 Å². The monoisotopic (exact) mass is 618 g/mol. The maximum absolute atomic E-state index is 6.41. The number of aliphatic imine (C=N–C) groups is 2. The van der Waals surface area contributed by atoms with Crippen molar-refractivity contribution in [3.8, 4) is 11.3 Å². The van der Waals surface area contributed by atoms with E-state index in [1.54, 1.807) is 0 Å². The van der Waals surface area contributed by atoms with Gasteiger partial charge in [-0.15, -0.1) is 0 Å². The van der Waals surface area contributed by atoms with Crippen LogP contribution >= 0.6 is 0 Å². The summed E-state index contributed by atoms with van der Waals surface area (Å²) in [6, 6.07) is 49.4. The van der Waals surface area contributed by atoms with E-state index in [0.29, 0.717) is 11.5 Å². The number of aromatic nitrogens is 1. The Morgan fingerprint density at radius 3 is 2.17 bits per heavy atom. The Morgan fingerprint density at radius 1 is 0.542 bits per heavy atom. The van der Waals surface area contributed by atoms with Crippen LogP contribution in [0, 0.1) is 0 Å². The number of amidine groups is 2. The summed E-state index contributed by atoms with van der Waals surface area (Å²) in [5.41, 5.74) is 7.76. The summed E-state index contributed by atoms with van der Waals surface area (Å²) in [4.78, 5) is 15.4. The van der Waals surface area contributed by atoms with Crippen LogP contribution in [0.25, 0.3) is 66.0 Å². The van der Waals surface area contributed by atoms with Gasteiger partial charge in [-0.25, -0.2) is 15.0 Å². The van der Waals surface area contributed by atoms with Crippen LogP contribution in [-0.4, -0.2) is 16.7 Å². The van der Waals surface area contributed by atoms with E-state index in [1.165, 1.54) is 10.8 Å². The quantitative estimate of drug-likeness (QED) is 0.213. The van der Waals surface area contributed by atoms with Gasteiger partial charge in [0.2, 0.25) is 5.71 Å². The Labute approximate surface area is 274 Å². The van der Waals surface area contributed by atoms with Gasteiger partial charge in [-0.05, 0) is 52.7 Å². The van der Waals surface area contributed by atoms with Crippen LogP contribution in [0.2, 0.25) is 0 Å². The van der Waals surface area contributed by atoms with E-state index in [4.69, 9.17) is 23.8 Å². The fourth-order valence-corrected chi connectivity index (χ4v) is 6.89. The second-order valence-electron chi connectivity index (χ2n) is 12.0. The van der Waals surface area contributed by atoms with Gasteiger partial charge in [0, 0.05) is 38.2 Å². The summed E-state index contributed by atoms with van der Waals surface area (Å²) in [5, 5.41) is 9.93. The van der Waals surface area contributed by atoms with Crippen LogP contribution in [0.3, 0.4) is 0 Å². The molecule has 1 N–H and O–H groups in total. The molecule has 9 aromatic rings. The Balaban J connectivity index is 1.15. The van der Waals surface area contributed by atoms with Gasteiger partial charge >= 0.3 is 0 Å². The van der Waals surface area contributed by atoms with E-state index in [1.807, 2.05) is 60.7 Å². The molecule has 0 saturated heterocycles. The number of nitrogens with one attached hydrogen (secondary N) is 1. The molecule has 0 spiro atoms. The maximum Gasteiger partial charge on any atom is 0.227 e. The molecule has 0 bridgehead atoms. The molecule has 3 aromatic heterocycles. The van der Waals surface area contributed by atoms with E-state index >= 15 is 0 Å². The van der Waals surface area contributed by atoms with Gasteiger partial charge in [0.15, 0.2) is 5.84 Å². The number of para-hydroxylation sites is 1. The Morgan fingerprint density at radius 2 is 1.27 bits per heavy atom. The van der Waals surface area contributed by atoms with Crippen molar-refractivity contribution >= 4 is 66.5 Å². The molecule has 4 heterocycles. The fourth-order valence-electron chi connectivity index (χ4n) is 6.89. The lowest BCUT2D eigenvalue weighted by Gasteiger charge is -2.24. The summed E-state index contributed by atoms with van der Waals surface area (Å²) in [7, 11) is 0. The summed E-state index contributed by atoms with van der Waals surface area (Å²) < 4.78 is 12.6. The van der Waals surface area contributed by atoms with Crippen molar-refractivity contribution in [3.63, 3.8) is 0 Å². The van der Waals surface area contributed by atoms with Crippen LogP contribution in [0.5, 0.6) is 0 Å². The van der Waals surface area contributed by atoms with Crippen LogP contribution in [0.4, 0.5) is 0 Å². The zero-order valence-electron chi connectivity index (χ0n) is 25.6. The van der Waals surface area contributed by atoms with Gasteiger partial charge in [0.1, 0.15) is 28.8 Å². The predicted molar refractivity (Wildman–Crippen MR) is 194 cm³/mol. The molecule has 1 aliphatic rings. The van der Waals surface area contributed by atoms with Crippen LogP contribution < -0.4 is 5.32 Å². The molecule has 0 saturated carbocycles. The summed E-state index contributed by atoms with van der Waals surface area (Å²) in [6.45, 7) is 0. The highest BCUT2D eigenvalue weighted by atomic mass is 16.3. The van der Waals surface area contributed by atoms with Gasteiger partial charge in [0.25, 0.3) is 0 Å². The number of fused-ring (bicyclic) bond motifs is 7. The van der Waals surface area contributed by atoms with Crippen molar-refractivity contribution in [1.82, 2.24) is 10.3 Å². The van der Waals surface area contributed by atoms with Gasteiger partial charge in [0.05, 0.1) is 5.69 Å². The molecule has 6 heteroatoms. The third-order valence-corrected chi connectivity index (χ3v) is 9.16. The number of benzene rings is 6. The lowest BCUT2D eigenvalue weighted by molar-refractivity contribution is 0.654. The lowest BCUT2D eigenvalue weighted by atomic mass is 10.0. The molecule has 6 nitrogen and oxygen atoms in total. The first-order valence-electron chi connectivity index (χ1n) is 16.0. The Kier molecular flexibility index (Phi) is 5.84. The first kappa shape index (κ1) is 26.7. The third-order valence-electron chi connectivity index (χ3n) is 9.16. The molecule has 0 amide bonds. The minimum absolute atomic E-state index is 0.354. The highest BCUT2D eigenvalue weighted by Gasteiger charge is 2.25. The minimum atomic E-state index is -0.354. The first-order chi connectivity index (χ1) is 23.8. The van der Waals surface area contributed by atoms with Crippen molar-refractivity contribution in [2.45, 2.75) is 6.17 Å². The molecular formula is C42H26N4O2. The van der Waals surface area contributed by atoms with Crippen LogP contribution in [0.1, 0.15) is 22.9 Å². The van der Waals surface area contributed by atoms with Crippen molar-refractivity contribution in [2.75, 3.05) is 0 Å². The second kappa shape index (κ2) is 10.5. The normalized spacial score (nSPS) is 14.9. The zero-order chi connectivity index (χ0) is 31.6. The molecule has 1 atom stereocenters. The summed E-state index contributed by atoms with van der Waals surface area (Å²) in [5.74, 6) is 1.35. The van der Waals surface area contributed by atoms with E-state index in [-0.39, 0.29) is 6.17 Å². The van der Waals surface area contributed by atoms with Crippen molar-refractivity contribution in [2.24, 2.45) is 9.98 Å². The van der Waals surface area contributed by atoms with Crippen LogP contribution in [-0.2, 0) is 0 Å². The lowest BCUT2D eigenvalue weighted by Crippen LogP contribution is -2.33. The minimum Gasteiger partial charge on any atom is -0.456 e. The number of hydrogen-bond donors (Lipinski definition) is 1. The molecule has 10 rings (SSSR count). The molecular weight excluding hydrogens is 592 g/mol. The largest absolute Gasteiger partial charge is 0.456 e. The smallest absolute Gasteiger partial charge is 0.227 e. The summed E-state index contributed by atoms with van der Waals surface area (Å²) in [6.07, 6.45) is -0.354. The predicted octanol–water partition coefficient (Wildman–Crippen LogP) is 10.2. The van der Waals surface area contributed by atoms with Gasteiger partial charge in [-0.2, -0.15) is 0 Å². The molecule has 48 heavy (non-hydrogen) atoms. The number of hydrogen-bond acceptors (Lipinski definition) is 6. The van der Waals surface area contributed by atoms with Crippen molar-refractivity contribution in [3.05, 3.63) is 162 Å². The molecule has 1 aliphatic heterocycles. The molecule has 0 aliphatic carbocycles. The van der Waals surface area contributed by atoms with Gasteiger partial charge in [-0.3, -0.25) is 0 Å². The van der Waals surface area contributed by atoms with Gasteiger partial charge < -0.3 is 14.2 Å². The molecule has 226 valence electrons. The van der Waals surface area contributed by atoms with Crippen LogP contribution in [0.15, 0.2) is 164 Å².